The van der Waals surface area contributed by atoms with Crippen LogP contribution in [0.4, 0.5) is 0 Å². The van der Waals surface area contributed by atoms with E-state index in [4.69, 9.17) is 4.74 Å². The molecule has 0 aromatic heterocycles. The van der Waals surface area contributed by atoms with E-state index in [1.807, 2.05) is 14.0 Å². The normalized spacial score (nSPS) is 18.2. The van der Waals surface area contributed by atoms with Gasteiger partial charge >= 0.3 is 0 Å². The minimum Gasteiger partial charge on any atom is -0.377 e. The average Bonchev–Trinajstić information content (AvgIpc) is 2.06. The van der Waals surface area contributed by atoms with Crippen molar-refractivity contribution in [2.24, 2.45) is 5.92 Å². The van der Waals surface area contributed by atoms with Crippen LogP contribution in [0.2, 0.25) is 0 Å². The van der Waals surface area contributed by atoms with Crippen molar-refractivity contribution in [2.75, 3.05) is 13.7 Å². The molecule has 3 unspecified atom stereocenters. The van der Waals surface area contributed by atoms with Gasteiger partial charge in [-0.05, 0) is 33.2 Å². The maximum absolute atomic E-state index is 5.60. The molecule has 0 radical (unpaired) electrons. The van der Waals surface area contributed by atoms with E-state index in [9.17, 15) is 0 Å². The summed E-state index contributed by atoms with van der Waals surface area (Å²) in [4.78, 5) is 0. The van der Waals surface area contributed by atoms with Crippen LogP contribution < -0.4 is 5.32 Å². The van der Waals surface area contributed by atoms with Gasteiger partial charge in [-0.2, -0.15) is 0 Å². The number of ether oxygens (including phenoxy) is 1. The highest BCUT2D eigenvalue weighted by Gasteiger charge is 2.21. The summed E-state index contributed by atoms with van der Waals surface area (Å²) in [6, 6.07) is 0.486. The monoisotopic (exact) mass is 187 g/mol. The maximum atomic E-state index is 5.60. The van der Waals surface area contributed by atoms with Crippen molar-refractivity contribution in [1.29, 1.82) is 0 Å². The van der Waals surface area contributed by atoms with Crippen molar-refractivity contribution in [3.63, 3.8) is 0 Å². The first-order valence-corrected chi connectivity index (χ1v) is 5.46. The fourth-order valence-electron chi connectivity index (χ4n) is 1.98. The largest absolute Gasteiger partial charge is 0.377 e. The summed E-state index contributed by atoms with van der Waals surface area (Å²) in [6.07, 6.45) is 2.83. The zero-order valence-electron chi connectivity index (χ0n) is 9.76. The molecule has 0 heterocycles. The van der Waals surface area contributed by atoms with Gasteiger partial charge in [0, 0.05) is 12.6 Å². The summed E-state index contributed by atoms with van der Waals surface area (Å²) >= 11 is 0. The summed E-state index contributed by atoms with van der Waals surface area (Å²) in [5.41, 5.74) is 0. The van der Waals surface area contributed by atoms with Gasteiger partial charge in [-0.1, -0.05) is 20.3 Å². The van der Waals surface area contributed by atoms with E-state index in [1.54, 1.807) is 0 Å². The molecule has 80 valence electrons. The summed E-state index contributed by atoms with van der Waals surface area (Å²) < 4.78 is 5.60. The van der Waals surface area contributed by atoms with Gasteiger partial charge in [-0.15, -0.1) is 0 Å². The predicted octanol–water partition coefficient (Wildman–Crippen LogP) is 2.44. The second-order valence-electron chi connectivity index (χ2n) is 3.74. The second kappa shape index (κ2) is 7.34. The second-order valence-corrected chi connectivity index (χ2v) is 3.74. The minimum absolute atomic E-state index is 0.316. The summed E-state index contributed by atoms with van der Waals surface area (Å²) in [5.74, 6) is 0.691. The van der Waals surface area contributed by atoms with Crippen molar-refractivity contribution in [1.82, 2.24) is 5.32 Å². The van der Waals surface area contributed by atoms with E-state index in [1.165, 1.54) is 12.8 Å². The molecule has 2 nitrogen and oxygen atoms in total. The fraction of sp³-hybridized carbons (Fsp3) is 1.00. The van der Waals surface area contributed by atoms with E-state index < -0.39 is 0 Å². The number of likely N-dealkylation sites (N-methyl/N-ethyl adjacent to an activating group) is 1. The van der Waals surface area contributed by atoms with Crippen LogP contribution in [0.25, 0.3) is 0 Å². The first-order chi connectivity index (χ1) is 6.17. The molecule has 2 heteroatoms. The molecule has 1 N–H and O–H groups in total. The molecule has 13 heavy (non-hydrogen) atoms. The molecule has 3 atom stereocenters. The molecule has 0 rings (SSSR count). The van der Waals surface area contributed by atoms with Crippen LogP contribution in [0.3, 0.4) is 0 Å². The Morgan fingerprint density at radius 2 is 1.85 bits per heavy atom. The van der Waals surface area contributed by atoms with Crippen molar-refractivity contribution < 1.29 is 4.74 Å². The number of hydrogen-bond donors (Lipinski definition) is 1. The van der Waals surface area contributed by atoms with Gasteiger partial charge < -0.3 is 10.1 Å². The Kier molecular flexibility index (Phi) is 7.29. The molecule has 0 aliphatic rings. The Balaban J connectivity index is 3.98. The number of rotatable bonds is 7. The topological polar surface area (TPSA) is 21.3 Å². The molecule has 0 amide bonds. The Bertz CT molecular complexity index is 105. The van der Waals surface area contributed by atoms with Gasteiger partial charge in [0.15, 0.2) is 0 Å². The molecule has 0 aromatic carbocycles. The Morgan fingerprint density at radius 3 is 2.23 bits per heavy atom. The third-order valence-electron chi connectivity index (χ3n) is 2.63. The summed E-state index contributed by atoms with van der Waals surface area (Å²) in [7, 11) is 2.02. The molecule has 0 aromatic rings. The third-order valence-corrected chi connectivity index (χ3v) is 2.63. The highest BCUT2D eigenvalue weighted by molar-refractivity contribution is 4.77. The first-order valence-electron chi connectivity index (χ1n) is 5.46. The highest BCUT2D eigenvalue weighted by Crippen LogP contribution is 2.15. The van der Waals surface area contributed by atoms with Gasteiger partial charge in [0.2, 0.25) is 0 Å². The smallest absolute Gasteiger partial charge is 0.0702 e. The standard InChI is InChI=1S/C11H25NO/c1-6-8-9(3)11(12-5)10(4)13-7-2/h9-12H,6-8H2,1-5H3. The summed E-state index contributed by atoms with van der Waals surface area (Å²) in [6.45, 7) is 9.53. The molecule has 0 aliphatic heterocycles. The summed E-state index contributed by atoms with van der Waals surface area (Å²) in [5, 5.41) is 3.35. The van der Waals surface area contributed by atoms with Gasteiger partial charge in [-0.3, -0.25) is 0 Å². The third kappa shape index (κ3) is 4.63. The average molecular weight is 187 g/mol. The van der Waals surface area contributed by atoms with Crippen LogP contribution >= 0.6 is 0 Å². The molecule has 0 spiro atoms. The van der Waals surface area contributed by atoms with Gasteiger partial charge in [0.1, 0.15) is 0 Å². The zero-order chi connectivity index (χ0) is 10.3. The lowest BCUT2D eigenvalue weighted by molar-refractivity contribution is 0.0334. The van der Waals surface area contributed by atoms with Crippen molar-refractivity contribution >= 4 is 0 Å². The predicted molar refractivity (Wildman–Crippen MR) is 58.0 cm³/mol. The minimum atomic E-state index is 0.316. The lowest BCUT2D eigenvalue weighted by Crippen LogP contribution is -2.42. The molecule has 0 bridgehead atoms. The van der Waals surface area contributed by atoms with Crippen LogP contribution in [-0.4, -0.2) is 25.8 Å². The van der Waals surface area contributed by atoms with E-state index >= 15 is 0 Å². The van der Waals surface area contributed by atoms with Crippen molar-refractivity contribution in [2.45, 2.75) is 52.7 Å². The van der Waals surface area contributed by atoms with Crippen LogP contribution in [0.15, 0.2) is 0 Å². The van der Waals surface area contributed by atoms with Crippen LogP contribution in [0, 0.1) is 5.92 Å². The van der Waals surface area contributed by atoms with E-state index in [2.05, 4.69) is 26.1 Å². The van der Waals surface area contributed by atoms with E-state index in [0.29, 0.717) is 18.1 Å². The lowest BCUT2D eigenvalue weighted by Gasteiger charge is -2.28. The maximum Gasteiger partial charge on any atom is 0.0702 e. The van der Waals surface area contributed by atoms with E-state index in [0.717, 1.165) is 6.61 Å². The quantitative estimate of drug-likeness (QED) is 0.661. The number of hydrogen-bond acceptors (Lipinski definition) is 2. The SMILES string of the molecule is CCCC(C)C(NC)C(C)OCC. The van der Waals surface area contributed by atoms with Crippen LogP contribution in [0.1, 0.15) is 40.5 Å². The first kappa shape index (κ1) is 12.9. The Morgan fingerprint density at radius 1 is 1.23 bits per heavy atom. The van der Waals surface area contributed by atoms with Crippen molar-refractivity contribution in [3.8, 4) is 0 Å². The van der Waals surface area contributed by atoms with E-state index in [-0.39, 0.29) is 0 Å². The molecule has 0 fully saturated rings. The zero-order valence-corrected chi connectivity index (χ0v) is 9.76. The molecular weight excluding hydrogens is 162 g/mol. The molecular formula is C11H25NO. The van der Waals surface area contributed by atoms with Gasteiger partial charge in [0.25, 0.3) is 0 Å². The lowest BCUT2D eigenvalue weighted by atomic mass is 9.93. The van der Waals surface area contributed by atoms with Crippen LogP contribution in [-0.2, 0) is 4.74 Å². The van der Waals surface area contributed by atoms with Gasteiger partial charge in [-0.25, -0.2) is 0 Å². The van der Waals surface area contributed by atoms with Gasteiger partial charge in [0.05, 0.1) is 6.10 Å². The Labute approximate surface area is 83.1 Å². The van der Waals surface area contributed by atoms with Crippen LogP contribution in [0.5, 0.6) is 0 Å². The van der Waals surface area contributed by atoms with Crippen molar-refractivity contribution in [3.05, 3.63) is 0 Å². The molecule has 0 saturated carbocycles. The fourth-order valence-corrected chi connectivity index (χ4v) is 1.98. The number of nitrogens with one attached hydrogen (secondary N) is 1. The molecule has 0 aliphatic carbocycles. The Hall–Kier alpha value is -0.0800. The highest BCUT2D eigenvalue weighted by atomic mass is 16.5. The molecule has 0 saturated heterocycles.